The maximum absolute atomic E-state index is 12.7. The molecule has 1 aliphatic heterocycles. The number of carbonyl (C=O) groups is 1. The van der Waals surface area contributed by atoms with E-state index in [2.05, 4.69) is 15.0 Å². The van der Waals surface area contributed by atoms with E-state index in [0.717, 1.165) is 12.8 Å². The predicted octanol–water partition coefficient (Wildman–Crippen LogP) is 1.63. The second-order valence-corrected chi connectivity index (χ2v) is 6.30. The fourth-order valence-electron chi connectivity index (χ4n) is 2.89. The van der Waals surface area contributed by atoms with Crippen LogP contribution >= 0.6 is 0 Å². The third-order valence-corrected chi connectivity index (χ3v) is 4.21. The van der Waals surface area contributed by atoms with Gasteiger partial charge in [0.25, 0.3) is 11.8 Å². The summed E-state index contributed by atoms with van der Waals surface area (Å²) in [5.74, 6) is 1.60. The normalized spacial score (nSPS) is 16.9. The van der Waals surface area contributed by atoms with Gasteiger partial charge in [-0.3, -0.25) is 4.79 Å². The number of piperidine rings is 1. The van der Waals surface area contributed by atoms with Crippen LogP contribution in [-0.2, 0) is 0 Å². The topological polar surface area (TPSA) is 80.7 Å². The van der Waals surface area contributed by atoms with Crippen molar-refractivity contribution in [2.45, 2.75) is 18.9 Å². The van der Waals surface area contributed by atoms with Crippen LogP contribution in [0.1, 0.15) is 23.2 Å². The third kappa shape index (κ3) is 4.01. The Hall–Kier alpha value is -2.90. The second kappa shape index (κ2) is 7.99. The lowest BCUT2D eigenvalue weighted by Crippen LogP contribution is -2.44. The zero-order chi connectivity index (χ0) is 18.5. The summed E-state index contributed by atoms with van der Waals surface area (Å²) in [4.78, 5) is 29.1. The van der Waals surface area contributed by atoms with Crippen LogP contribution in [0, 0.1) is 0 Å². The van der Waals surface area contributed by atoms with Gasteiger partial charge in [0.1, 0.15) is 6.10 Å². The first-order chi connectivity index (χ1) is 12.6. The molecule has 0 aromatic carbocycles. The molecule has 2 aromatic rings. The van der Waals surface area contributed by atoms with Crippen molar-refractivity contribution in [2.24, 2.45) is 0 Å². The number of methoxy groups -OCH3 is 1. The van der Waals surface area contributed by atoms with Crippen LogP contribution in [0.2, 0.25) is 0 Å². The number of hydrogen-bond acceptors (Lipinski definition) is 7. The fraction of sp³-hybridized carbons (Fsp3) is 0.444. The second-order valence-electron chi connectivity index (χ2n) is 6.30. The van der Waals surface area contributed by atoms with Crippen LogP contribution in [0.5, 0.6) is 11.8 Å². The number of ether oxygens (including phenoxy) is 2. The standard InChI is InChI=1S/C18H23N5O3/c1-22(2)16-17(20-9-8-19-16)26-14-5-4-10-23(12-14)18(24)13-6-7-15(25-3)21-11-13/h6-9,11,14H,4-5,10,12H2,1-3H3. The molecule has 0 bridgehead atoms. The first kappa shape index (κ1) is 17.9. The van der Waals surface area contributed by atoms with Gasteiger partial charge in [0, 0.05) is 45.3 Å². The molecule has 26 heavy (non-hydrogen) atoms. The van der Waals surface area contributed by atoms with Gasteiger partial charge in [0.15, 0.2) is 5.82 Å². The Kier molecular flexibility index (Phi) is 5.50. The van der Waals surface area contributed by atoms with E-state index in [4.69, 9.17) is 9.47 Å². The molecule has 1 fully saturated rings. The lowest BCUT2D eigenvalue weighted by molar-refractivity contribution is 0.0528. The summed E-state index contributed by atoms with van der Waals surface area (Å²) in [5, 5.41) is 0. The summed E-state index contributed by atoms with van der Waals surface area (Å²) in [6.07, 6.45) is 6.41. The van der Waals surface area contributed by atoms with Crippen LogP contribution in [0.4, 0.5) is 5.82 Å². The zero-order valence-corrected chi connectivity index (χ0v) is 15.3. The van der Waals surface area contributed by atoms with Crippen LogP contribution in [0.3, 0.4) is 0 Å². The summed E-state index contributed by atoms with van der Waals surface area (Å²) in [5.41, 5.74) is 0.542. The van der Waals surface area contributed by atoms with E-state index in [0.29, 0.717) is 36.2 Å². The first-order valence-electron chi connectivity index (χ1n) is 8.53. The van der Waals surface area contributed by atoms with Crippen molar-refractivity contribution < 1.29 is 14.3 Å². The molecule has 0 aliphatic carbocycles. The van der Waals surface area contributed by atoms with E-state index in [9.17, 15) is 4.79 Å². The number of anilines is 1. The van der Waals surface area contributed by atoms with Crippen LogP contribution in [-0.4, -0.2) is 66.2 Å². The summed E-state index contributed by atoms with van der Waals surface area (Å²) in [6.45, 7) is 1.21. The molecule has 138 valence electrons. The van der Waals surface area contributed by atoms with Crippen LogP contribution < -0.4 is 14.4 Å². The van der Waals surface area contributed by atoms with E-state index in [-0.39, 0.29) is 12.0 Å². The third-order valence-electron chi connectivity index (χ3n) is 4.21. The number of amides is 1. The molecular weight excluding hydrogens is 334 g/mol. The van der Waals surface area contributed by atoms with Gasteiger partial charge in [-0.05, 0) is 18.9 Å². The molecule has 1 unspecified atom stereocenters. The highest BCUT2D eigenvalue weighted by Gasteiger charge is 2.27. The maximum atomic E-state index is 12.7. The monoisotopic (exact) mass is 357 g/mol. The molecule has 0 saturated carbocycles. The highest BCUT2D eigenvalue weighted by atomic mass is 16.5. The molecule has 0 radical (unpaired) electrons. The van der Waals surface area contributed by atoms with Gasteiger partial charge >= 0.3 is 0 Å². The van der Waals surface area contributed by atoms with E-state index in [1.807, 2.05) is 19.0 Å². The van der Waals surface area contributed by atoms with Gasteiger partial charge in [0.2, 0.25) is 5.88 Å². The number of rotatable bonds is 5. The average molecular weight is 357 g/mol. The van der Waals surface area contributed by atoms with Crippen molar-refractivity contribution in [3.8, 4) is 11.8 Å². The van der Waals surface area contributed by atoms with E-state index < -0.39 is 0 Å². The van der Waals surface area contributed by atoms with Gasteiger partial charge in [-0.25, -0.2) is 15.0 Å². The summed E-state index contributed by atoms with van der Waals surface area (Å²) >= 11 is 0. The molecule has 1 aliphatic rings. The molecule has 3 heterocycles. The molecule has 1 atom stereocenters. The van der Waals surface area contributed by atoms with Gasteiger partial charge in [-0.15, -0.1) is 0 Å². The molecule has 1 amide bonds. The Morgan fingerprint density at radius 2 is 2.04 bits per heavy atom. The van der Waals surface area contributed by atoms with E-state index >= 15 is 0 Å². The fourth-order valence-corrected chi connectivity index (χ4v) is 2.89. The van der Waals surface area contributed by atoms with Crippen molar-refractivity contribution in [2.75, 3.05) is 39.2 Å². The zero-order valence-electron chi connectivity index (χ0n) is 15.3. The van der Waals surface area contributed by atoms with E-state index in [1.165, 1.54) is 0 Å². The Morgan fingerprint density at radius 3 is 2.73 bits per heavy atom. The van der Waals surface area contributed by atoms with E-state index in [1.54, 1.807) is 42.7 Å². The number of carbonyl (C=O) groups excluding carboxylic acids is 1. The minimum absolute atomic E-state index is 0.0552. The first-order valence-corrected chi connectivity index (χ1v) is 8.53. The number of aromatic nitrogens is 3. The minimum Gasteiger partial charge on any atom is -0.481 e. The van der Waals surface area contributed by atoms with Crippen molar-refractivity contribution in [1.82, 2.24) is 19.9 Å². The molecule has 0 spiro atoms. The number of nitrogens with zero attached hydrogens (tertiary/aromatic N) is 5. The number of likely N-dealkylation sites (tertiary alicyclic amines) is 1. The maximum Gasteiger partial charge on any atom is 0.257 e. The molecule has 3 rings (SSSR count). The average Bonchev–Trinajstić information content (AvgIpc) is 2.68. The summed E-state index contributed by atoms with van der Waals surface area (Å²) in [6, 6.07) is 3.42. The van der Waals surface area contributed by atoms with Crippen molar-refractivity contribution in [1.29, 1.82) is 0 Å². The smallest absolute Gasteiger partial charge is 0.257 e. The molecular formula is C18H23N5O3. The molecule has 1 saturated heterocycles. The molecule has 8 nitrogen and oxygen atoms in total. The van der Waals surface area contributed by atoms with Crippen LogP contribution in [0.15, 0.2) is 30.7 Å². The number of pyridine rings is 1. The minimum atomic E-state index is -0.116. The number of hydrogen-bond donors (Lipinski definition) is 0. The largest absolute Gasteiger partial charge is 0.481 e. The predicted molar refractivity (Wildman–Crippen MR) is 96.7 cm³/mol. The van der Waals surface area contributed by atoms with Crippen molar-refractivity contribution in [3.63, 3.8) is 0 Å². The summed E-state index contributed by atoms with van der Waals surface area (Å²) < 4.78 is 11.1. The summed E-state index contributed by atoms with van der Waals surface area (Å²) in [7, 11) is 5.33. The highest BCUT2D eigenvalue weighted by Crippen LogP contribution is 2.24. The highest BCUT2D eigenvalue weighted by molar-refractivity contribution is 5.94. The van der Waals surface area contributed by atoms with Crippen molar-refractivity contribution in [3.05, 3.63) is 36.3 Å². The van der Waals surface area contributed by atoms with Crippen molar-refractivity contribution >= 4 is 11.7 Å². The lowest BCUT2D eigenvalue weighted by atomic mass is 10.1. The Balaban J connectivity index is 1.68. The lowest BCUT2D eigenvalue weighted by Gasteiger charge is -2.33. The van der Waals surface area contributed by atoms with Gasteiger partial charge in [0.05, 0.1) is 19.2 Å². The molecule has 8 heteroatoms. The van der Waals surface area contributed by atoms with Gasteiger partial charge < -0.3 is 19.3 Å². The molecule has 2 aromatic heterocycles. The molecule has 0 N–H and O–H groups in total. The Bertz CT molecular complexity index is 751. The SMILES string of the molecule is COc1ccc(C(=O)N2CCCC(Oc3nccnc3N(C)C)C2)cn1. The Labute approximate surface area is 152 Å². The van der Waals surface area contributed by atoms with Gasteiger partial charge in [-0.1, -0.05) is 0 Å². The Morgan fingerprint density at radius 1 is 1.23 bits per heavy atom. The quantitative estimate of drug-likeness (QED) is 0.804. The van der Waals surface area contributed by atoms with Gasteiger partial charge in [-0.2, -0.15) is 0 Å². The van der Waals surface area contributed by atoms with Crippen LogP contribution in [0.25, 0.3) is 0 Å².